The molecule has 0 fully saturated rings. The standard InChI is InChI=1S/C16H20N2O5/c1-3-18-12-8-7-11(9-13(12)23-10(2)16(18)22)17-14(19)5-4-6-15(20)21/h7-10H,3-6H2,1-2H3,(H,17,19)(H,20,21). The molecule has 1 unspecified atom stereocenters. The van der Waals surface area contributed by atoms with E-state index >= 15 is 0 Å². The minimum absolute atomic E-state index is 0.0359. The van der Waals surface area contributed by atoms with Crippen molar-refractivity contribution in [2.45, 2.75) is 39.2 Å². The largest absolute Gasteiger partial charge is 0.481 e. The first kappa shape index (κ1) is 16.8. The second-order valence-corrected chi connectivity index (χ2v) is 5.32. The summed E-state index contributed by atoms with van der Waals surface area (Å²) in [6.07, 6.45) is -0.173. The molecule has 1 aliphatic heterocycles. The van der Waals surface area contributed by atoms with Crippen molar-refractivity contribution in [2.24, 2.45) is 0 Å². The Bertz CT molecular complexity index is 629. The van der Waals surface area contributed by atoms with Gasteiger partial charge in [-0.15, -0.1) is 0 Å². The first-order chi connectivity index (χ1) is 10.9. The molecule has 2 N–H and O–H groups in total. The third-order valence-electron chi connectivity index (χ3n) is 3.56. The van der Waals surface area contributed by atoms with Crippen LogP contribution in [0.1, 0.15) is 33.1 Å². The van der Waals surface area contributed by atoms with Crippen LogP contribution in [0.4, 0.5) is 11.4 Å². The van der Waals surface area contributed by atoms with Gasteiger partial charge < -0.3 is 20.1 Å². The van der Waals surface area contributed by atoms with Gasteiger partial charge in [-0.25, -0.2) is 0 Å². The number of amides is 2. The molecule has 2 amide bonds. The van der Waals surface area contributed by atoms with Crippen molar-refractivity contribution < 1.29 is 24.2 Å². The van der Waals surface area contributed by atoms with Crippen molar-refractivity contribution in [2.75, 3.05) is 16.8 Å². The summed E-state index contributed by atoms with van der Waals surface area (Å²) in [6.45, 7) is 4.11. The minimum Gasteiger partial charge on any atom is -0.481 e. The fourth-order valence-corrected chi connectivity index (χ4v) is 2.44. The number of rotatable bonds is 6. The maximum Gasteiger partial charge on any atom is 0.303 e. The predicted octanol–water partition coefficient (Wildman–Crippen LogP) is 2.01. The summed E-state index contributed by atoms with van der Waals surface area (Å²) in [4.78, 5) is 35.9. The molecular formula is C16H20N2O5. The number of nitrogens with one attached hydrogen (secondary N) is 1. The van der Waals surface area contributed by atoms with Gasteiger partial charge in [0.1, 0.15) is 5.75 Å². The average molecular weight is 320 g/mol. The van der Waals surface area contributed by atoms with Gasteiger partial charge in [-0.2, -0.15) is 0 Å². The molecular weight excluding hydrogens is 300 g/mol. The van der Waals surface area contributed by atoms with Gasteiger partial charge in [0, 0.05) is 31.1 Å². The molecule has 2 rings (SSSR count). The molecule has 124 valence electrons. The number of benzene rings is 1. The first-order valence-electron chi connectivity index (χ1n) is 7.56. The molecule has 7 nitrogen and oxygen atoms in total. The Morgan fingerprint density at radius 3 is 2.74 bits per heavy atom. The Balaban J connectivity index is 2.06. The van der Waals surface area contributed by atoms with Gasteiger partial charge in [0.25, 0.3) is 5.91 Å². The highest BCUT2D eigenvalue weighted by Crippen LogP contribution is 2.36. The predicted molar refractivity (Wildman–Crippen MR) is 84.7 cm³/mol. The highest BCUT2D eigenvalue weighted by atomic mass is 16.5. The maximum atomic E-state index is 12.0. The number of anilines is 2. The molecule has 23 heavy (non-hydrogen) atoms. The molecule has 1 heterocycles. The normalized spacial score (nSPS) is 16.5. The molecule has 1 atom stereocenters. The Morgan fingerprint density at radius 2 is 2.09 bits per heavy atom. The smallest absolute Gasteiger partial charge is 0.303 e. The zero-order valence-corrected chi connectivity index (χ0v) is 13.2. The topological polar surface area (TPSA) is 95.9 Å². The highest BCUT2D eigenvalue weighted by molar-refractivity contribution is 6.00. The number of hydrogen-bond acceptors (Lipinski definition) is 4. The Hall–Kier alpha value is -2.57. The van der Waals surface area contributed by atoms with E-state index in [2.05, 4.69) is 5.32 Å². The molecule has 0 bridgehead atoms. The lowest BCUT2D eigenvalue weighted by molar-refractivity contribution is -0.137. The number of likely N-dealkylation sites (N-methyl/N-ethyl adjacent to an activating group) is 1. The zero-order chi connectivity index (χ0) is 17.0. The van der Waals surface area contributed by atoms with E-state index in [0.717, 1.165) is 0 Å². The van der Waals surface area contributed by atoms with Crippen molar-refractivity contribution in [1.29, 1.82) is 0 Å². The van der Waals surface area contributed by atoms with Crippen LogP contribution < -0.4 is 15.0 Å². The summed E-state index contributed by atoms with van der Waals surface area (Å²) in [6, 6.07) is 5.11. The fraction of sp³-hybridized carbons (Fsp3) is 0.438. The van der Waals surface area contributed by atoms with Gasteiger partial charge in [0.05, 0.1) is 5.69 Å². The third-order valence-corrected chi connectivity index (χ3v) is 3.56. The van der Waals surface area contributed by atoms with Gasteiger partial charge in [-0.05, 0) is 32.4 Å². The number of ether oxygens (including phenoxy) is 1. The lowest BCUT2D eigenvalue weighted by Gasteiger charge is -2.32. The van der Waals surface area contributed by atoms with Crippen LogP contribution >= 0.6 is 0 Å². The van der Waals surface area contributed by atoms with Gasteiger partial charge >= 0.3 is 5.97 Å². The van der Waals surface area contributed by atoms with Crippen LogP contribution in [0.15, 0.2) is 18.2 Å². The third kappa shape index (κ3) is 4.00. The number of nitrogens with zero attached hydrogens (tertiary/aromatic N) is 1. The van der Waals surface area contributed by atoms with Crippen molar-refractivity contribution in [1.82, 2.24) is 0 Å². The molecule has 7 heteroatoms. The van der Waals surface area contributed by atoms with Crippen LogP contribution in [0.2, 0.25) is 0 Å². The van der Waals surface area contributed by atoms with Crippen LogP contribution in [-0.2, 0) is 14.4 Å². The summed E-state index contributed by atoms with van der Waals surface area (Å²) >= 11 is 0. The molecule has 1 aliphatic rings. The Morgan fingerprint density at radius 1 is 1.35 bits per heavy atom. The molecule has 1 aromatic rings. The lowest BCUT2D eigenvalue weighted by atomic mass is 10.1. The van der Waals surface area contributed by atoms with Crippen molar-refractivity contribution in [3.8, 4) is 5.75 Å². The molecule has 0 saturated carbocycles. The summed E-state index contributed by atoms with van der Waals surface area (Å²) < 4.78 is 5.59. The van der Waals surface area contributed by atoms with E-state index in [1.807, 2.05) is 6.92 Å². The van der Waals surface area contributed by atoms with E-state index in [9.17, 15) is 14.4 Å². The van der Waals surface area contributed by atoms with Gasteiger partial charge in [0.15, 0.2) is 6.10 Å². The van der Waals surface area contributed by atoms with E-state index < -0.39 is 12.1 Å². The average Bonchev–Trinajstić information content (AvgIpc) is 2.48. The maximum absolute atomic E-state index is 12.0. The number of carbonyl (C=O) groups is 3. The number of aliphatic carboxylic acids is 1. The van der Waals surface area contributed by atoms with Crippen LogP contribution in [0.25, 0.3) is 0 Å². The summed E-state index contributed by atoms with van der Waals surface area (Å²) in [5.74, 6) is -0.718. The minimum atomic E-state index is -0.918. The van der Waals surface area contributed by atoms with Gasteiger partial charge in [0.2, 0.25) is 5.91 Å². The first-order valence-corrected chi connectivity index (χ1v) is 7.56. The summed E-state index contributed by atoms with van der Waals surface area (Å²) in [7, 11) is 0. The monoisotopic (exact) mass is 320 g/mol. The number of hydrogen-bond donors (Lipinski definition) is 2. The number of carboxylic acid groups (broad SMARTS) is 1. The number of carboxylic acids is 1. The van der Waals surface area contributed by atoms with Gasteiger partial charge in [-0.1, -0.05) is 0 Å². The Labute approximate surface area is 134 Å². The Kier molecular flexibility index (Phi) is 5.20. The van der Waals surface area contributed by atoms with E-state index in [-0.39, 0.29) is 31.1 Å². The van der Waals surface area contributed by atoms with Crippen molar-refractivity contribution >= 4 is 29.2 Å². The lowest BCUT2D eigenvalue weighted by Crippen LogP contribution is -2.44. The van der Waals surface area contributed by atoms with Gasteiger partial charge in [-0.3, -0.25) is 14.4 Å². The van der Waals surface area contributed by atoms with E-state index in [1.165, 1.54) is 0 Å². The van der Waals surface area contributed by atoms with E-state index in [1.54, 1.807) is 30.0 Å². The number of fused-ring (bicyclic) bond motifs is 1. The molecule has 1 aromatic carbocycles. The quantitative estimate of drug-likeness (QED) is 0.836. The molecule has 0 spiro atoms. The molecule has 0 aliphatic carbocycles. The van der Waals surface area contributed by atoms with Crippen LogP contribution in [-0.4, -0.2) is 35.5 Å². The van der Waals surface area contributed by atoms with Crippen LogP contribution in [0, 0.1) is 0 Å². The zero-order valence-electron chi connectivity index (χ0n) is 13.2. The van der Waals surface area contributed by atoms with Crippen molar-refractivity contribution in [3.63, 3.8) is 0 Å². The van der Waals surface area contributed by atoms with Crippen LogP contribution in [0.3, 0.4) is 0 Å². The molecule has 0 radical (unpaired) electrons. The summed E-state index contributed by atoms with van der Waals surface area (Å²) in [5, 5.41) is 11.3. The SMILES string of the molecule is CCN1C(=O)C(C)Oc2cc(NC(=O)CCCC(=O)O)ccc21. The molecule has 0 saturated heterocycles. The van der Waals surface area contributed by atoms with E-state index in [4.69, 9.17) is 9.84 Å². The van der Waals surface area contributed by atoms with E-state index in [0.29, 0.717) is 23.7 Å². The second-order valence-electron chi connectivity index (χ2n) is 5.32. The second kappa shape index (κ2) is 7.13. The summed E-state index contributed by atoms with van der Waals surface area (Å²) in [5.41, 5.74) is 1.24. The number of carbonyl (C=O) groups excluding carboxylic acids is 2. The van der Waals surface area contributed by atoms with Crippen molar-refractivity contribution in [3.05, 3.63) is 18.2 Å². The fourth-order valence-electron chi connectivity index (χ4n) is 2.44. The van der Waals surface area contributed by atoms with Crippen LogP contribution in [0.5, 0.6) is 5.75 Å². The highest BCUT2D eigenvalue weighted by Gasteiger charge is 2.30. The molecule has 0 aromatic heterocycles.